The van der Waals surface area contributed by atoms with E-state index in [0.717, 1.165) is 6.42 Å². The van der Waals surface area contributed by atoms with E-state index in [9.17, 15) is 0 Å². The molecule has 1 aliphatic heterocycles. The highest BCUT2D eigenvalue weighted by atomic mass is 16.5. The van der Waals surface area contributed by atoms with E-state index in [-0.39, 0.29) is 5.92 Å². The van der Waals surface area contributed by atoms with E-state index in [4.69, 9.17) is 14.9 Å². The fourth-order valence-corrected chi connectivity index (χ4v) is 1.65. The van der Waals surface area contributed by atoms with Crippen LogP contribution in [-0.2, 0) is 11.2 Å². The molecule has 1 aromatic rings. The summed E-state index contributed by atoms with van der Waals surface area (Å²) >= 11 is 0. The summed E-state index contributed by atoms with van der Waals surface area (Å²) in [5, 5.41) is 7.92. The van der Waals surface area contributed by atoms with Gasteiger partial charge in [-0.2, -0.15) is 0 Å². The van der Waals surface area contributed by atoms with Crippen LogP contribution in [-0.4, -0.2) is 29.5 Å². The minimum atomic E-state index is 0.268. The fourth-order valence-electron chi connectivity index (χ4n) is 1.65. The first-order valence-electron chi connectivity index (χ1n) is 4.93. The Morgan fingerprint density at radius 2 is 2.36 bits per heavy atom. The van der Waals surface area contributed by atoms with Gasteiger partial charge in [-0.05, 0) is 13.3 Å². The van der Waals surface area contributed by atoms with E-state index in [2.05, 4.69) is 17.1 Å². The molecule has 2 unspecified atom stereocenters. The Labute approximate surface area is 82.6 Å². The van der Waals surface area contributed by atoms with Crippen LogP contribution >= 0.6 is 0 Å². The maximum absolute atomic E-state index is 5.47. The van der Waals surface area contributed by atoms with Gasteiger partial charge in [-0.3, -0.25) is 0 Å². The first kappa shape index (κ1) is 9.61. The molecule has 1 fully saturated rings. The summed E-state index contributed by atoms with van der Waals surface area (Å²) < 4.78 is 10.9. The number of hydrogen-bond acceptors (Lipinski definition) is 5. The molecule has 1 aliphatic rings. The van der Waals surface area contributed by atoms with Gasteiger partial charge in [-0.1, -0.05) is 0 Å². The molecule has 5 nitrogen and oxygen atoms in total. The Balaban J connectivity index is 2.02. The minimum Gasteiger partial charge on any atom is -0.425 e. The molecule has 5 heteroatoms. The fraction of sp³-hybridized carbons (Fsp3) is 0.778. The van der Waals surface area contributed by atoms with Crippen molar-refractivity contribution in [3.63, 3.8) is 0 Å². The molecule has 78 valence electrons. The second kappa shape index (κ2) is 4.06. The Morgan fingerprint density at radius 3 is 3.00 bits per heavy atom. The maximum Gasteiger partial charge on any atom is 0.222 e. The molecule has 1 saturated heterocycles. The van der Waals surface area contributed by atoms with Gasteiger partial charge in [0.2, 0.25) is 11.8 Å². The van der Waals surface area contributed by atoms with Crippen LogP contribution in [0.25, 0.3) is 0 Å². The Bertz CT molecular complexity index is 300. The molecule has 0 radical (unpaired) electrons. The predicted octanol–water partition coefficient (Wildman–Crippen LogP) is 0.463. The molecule has 0 spiro atoms. The van der Waals surface area contributed by atoms with Crippen molar-refractivity contribution in [1.29, 1.82) is 0 Å². The number of rotatable bonds is 3. The SMILES string of the molecule is CC1CC(c2nnc(CCN)o2)CO1. The maximum atomic E-state index is 5.47. The minimum absolute atomic E-state index is 0.268. The quantitative estimate of drug-likeness (QED) is 0.762. The summed E-state index contributed by atoms with van der Waals surface area (Å²) in [4.78, 5) is 0. The van der Waals surface area contributed by atoms with Crippen LogP contribution in [0.4, 0.5) is 0 Å². The summed E-state index contributed by atoms with van der Waals surface area (Å²) in [7, 11) is 0. The summed E-state index contributed by atoms with van der Waals surface area (Å²) in [5.41, 5.74) is 5.39. The van der Waals surface area contributed by atoms with Gasteiger partial charge in [0.25, 0.3) is 0 Å². The molecule has 0 saturated carbocycles. The molecule has 0 amide bonds. The van der Waals surface area contributed by atoms with E-state index in [1.807, 2.05) is 0 Å². The van der Waals surface area contributed by atoms with Gasteiger partial charge in [0, 0.05) is 13.0 Å². The topological polar surface area (TPSA) is 74.2 Å². The van der Waals surface area contributed by atoms with Crippen molar-refractivity contribution < 1.29 is 9.15 Å². The smallest absolute Gasteiger partial charge is 0.222 e. The van der Waals surface area contributed by atoms with E-state index in [1.165, 1.54) is 0 Å². The van der Waals surface area contributed by atoms with E-state index in [0.29, 0.717) is 37.5 Å². The third-order valence-corrected chi connectivity index (χ3v) is 2.39. The molecule has 2 N–H and O–H groups in total. The zero-order valence-electron chi connectivity index (χ0n) is 8.27. The van der Waals surface area contributed by atoms with Crippen LogP contribution in [0.1, 0.15) is 31.0 Å². The van der Waals surface area contributed by atoms with Crippen LogP contribution in [0.3, 0.4) is 0 Å². The summed E-state index contributed by atoms with van der Waals surface area (Å²) in [6.45, 7) is 3.28. The van der Waals surface area contributed by atoms with Gasteiger partial charge >= 0.3 is 0 Å². The first-order chi connectivity index (χ1) is 6.79. The number of nitrogens with zero attached hydrogens (tertiary/aromatic N) is 2. The van der Waals surface area contributed by atoms with Crippen molar-refractivity contribution in [3.8, 4) is 0 Å². The lowest BCUT2D eigenvalue weighted by Crippen LogP contribution is -2.02. The average molecular weight is 197 g/mol. The first-order valence-corrected chi connectivity index (χ1v) is 4.93. The molecule has 2 atom stereocenters. The normalized spacial score (nSPS) is 27.0. The Morgan fingerprint density at radius 1 is 1.50 bits per heavy atom. The van der Waals surface area contributed by atoms with E-state index in [1.54, 1.807) is 0 Å². The van der Waals surface area contributed by atoms with Crippen molar-refractivity contribution in [1.82, 2.24) is 10.2 Å². The van der Waals surface area contributed by atoms with Gasteiger partial charge in [-0.25, -0.2) is 0 Å². The highest BCUT2D eigenvalue weighted by Gasteiger charge is 2.27. The predicted molar refractivity (Wildman–Crippen MR) is 49.8 cm³/mol. The highest BCUT2D eigenvalue weighted by molar-refractivity contribution is 4.95. The van der Waals surface area contributed by atoms with Crippen LogP contribution in [0, 0.1) is 0 Å². The molecule has 14 heavy (non-hydrogen) atoms. The van der Waals surface area contributed by atoms with Crippen molar-refractivity contribution in [2.24, 2.45) is 5.73 Å². The standard InChI is InChI=1S/C9H15N3O2/c1-6-4-7(5-13-6)9-12-11-8(14-9)2-3-10/h6-7H,2-5,10H2,1H3. The van der Waals surface area contributed by atoms with Gasteiger partial charge in [0.05, 0.1) is 18.6 Å². The average Bonchev–Trinajstić information content (AvgIpc) is 2.74. The Kier molecular flexibility index (Phi) is 2.79. The number of aromatic nitrogens is 2. The van der Waals surface area contributed by atoms with Crippen LogP contribution in [0.2, 0.25) is 0 Å². The molecule has 0 aliphatic carbocycles. The molecule has 0 aromatic carbocycles. The van der Waals surface area contributed by atoms with Gasteiger partial charge < -0.3 is 14.9 Å². The molecular formula is C9H15N3O2. The van der Waals surface area contributed by atoms with Gasteiger partial charge in [-0.15, -0.1) is 10.2 Å². The van der Waals surface area contributed by atoms with E-state index < -0.39 is 0 Å². The highest BCUT2D eigenvalue weighted by Crippen LogP contribution is 2.27. The number of hydrogen-bond donors (Lipinski definition) is 1. The van der Waals surface area contributed by atoms with Crippen molar-refractivity contribution in [3.05, 3.63) is 11.8 Å². The summed E-state index contributed by atoms with van der Waals surface area (Å²) in [6.07, 6.45) is 1.91. The van der Waals surface area contributed by atoms with Crippen molar-refractivity contribution >= 4 is 0 Å². The molecule has 0 bridgehead atoms. The zero-order chi connectivity index (χ0) is 9.97. The van der Waals surface area contributed by atoms with Crippen LogP contribution < -0.4 is 5.73 Å². The summed E-state index contributed by atoms with van der Waals surface area (Å²) in [5.74, 6) is 1.59. The molecule has 1 aromatic heterocycles. The third-order valence-electron chi connectivity index (χ3n) is 2.39. The van der Waals surface area contributed by atoms with Crippen molar-refractivity contribution in [2.75, 3.05) is 13.2 Å². The van der Waals surface area contributed by atoms with E-state index >= 15 is 0 Å². The molecule has 2 heterocycles. The lowest BCUT2D eigenvalue weighted by atomic mass is 10.1. The zero-order valence-corrected chi connectivity index (χ0v) is 8.27. The largest absolute Gasteiger partial charge is 0.425 e. The lowest BCUT2D eigenvalue weighted by molar-refractivity contribution is 0.122. The summed E-state index contributed by atoms with van der Waals surface area (Å²) in [6, 6.07) is 0. The van der Waals surface area contributed by atoms with Gasteiger partial charge in [0.15, 0.2) is 0 Å². The molecule has 2 rings (SSSR count). The van der Waals surface area contributed by atoms with Crippen molar-refractivity contribution in [2.45, 2.75) is 31.8 Å². The second-order valence-electron chi connectivity index (χ2n) is 3.65. The van der Waals surface area contributed by atoms with Crippen LogP contribution in [0.5, 0.6) is 0 Å². The number of ether oxygens (including phenoxy) is 1. The number of nitrogens with two attached hydrogens (primary N) is 1. The second-order valence-corrected chi connectivity index (χ2v) is 3.65. The third kappa shape index (κ3) is 1.93. The molecular weight excluding hydrogens is 182 g/mol. The van der Waals surface area contributed by atoms with Gasteiger partial charge in [0.1, 0.15) is 0 Å². The van der Waals surface area contributed by atoms with Crippen LogP contribution in [0.15, 0.2) is 4.42 Å². The monoisotopic (exact) mass is 197 g/mol. The Hall–Kier alpha value is -0.940. The lowest BCUT2D eigenvalue weighted by Gasteiger charge is -1.99.